The first-order valence-corrected chi connectivity index (χ1v) is 14.8. The molecule has 2 aliphatic heterocycles. The first-order chi connectivity index (χ1) is 19.9. The highest BCUT2D eigenvalue weighted by Gasteiger charge is 2.49. The van der Waals surface area contributed by atoms with Gasteiger partial charge in [-0.1, -0.05) is 30.3 Å². The fraction of sp³-hybridized carbons (Fsp3) is 0.581. The third-order valence-corrected chi connectivity index (χ3v) is 8.61. The van der Waals surface area contributed by atoms with Crippen LogP contribution < -0.4 is 10.2 Å². The number of likely N-dealkylation sites (N-methyl/N-ethyl adjacent to an activating group) is 1. The molecule has 1 aromatic heterocycles. The molecule has 5 rings (SSSR count). The zero-order chi connectivity index (χ0) is 30.1. The standard InChI is InChI=1S/C31H43N7O4/c1-29(2,3)42-28(41)37-17-15-36(16-18-37)26(39)25-32-19-24(20-33-25)38-22-31(34-27(38)40)13-11-30(12-14-31,21-35(4)5)23-9-7-6-8-10-23/h6-10,19-20H,11-18,21-22H2,1-5H3,(H,34,40). The van der Waals surface area contributed by atoms with Gasteiger partial charge in [-0.15, -0.1) is 0 Å². The third-order valence-electron chi connectivity index (χ3n) is 8.61. The fourth-order valence-electron chi connectivity index (χ4n) is 6.47. The Labute approximate surface area is 248 Å². The monoisotopic (exact) mass is 577 g/mol. The molecule has 1 saturated carbocycles. The largest absolute Gasteiger partial charge is 0.444 e. The molecule has 42 heavy (non-hydrogen) atoms. The highest BCUT2D eigenvalue weighted by Crippen LogP contribution is 2.45. The smallest absolute Gasteiger partial charge is 0.410 e. The number of piperazine rings is 1. The lowest BCUT2D eigenvalue weighted by atomic mass is 9.64. The fourth-order valence-corrected chi connectivity index (χ4v) is 6.47. The summed E-state index contributed by atoms with van der Waals surface area (Å²) in [6.45, 7) is 8.51. The number of nitrogens with zero attached hydrogens (tertiary/aromatic N) is 6. The number of aromatic nitrogens is 2. The van der Waals surface area contributed by atoms with Crippen molar-refractivity contribution >= 4 is 23.7 Å². The molecule has 0 bridgehead atoms. The summed E-state index contributed by atoms with van der Waals surface area (Å²) < 4.78 is 5.43. The van der Waals surface area contributed by atoms with Gasteiger partial charge in [0.2, 0.25) is 5.82 Å². The lowest BCUT2D eigenvalue weighted by Gasteiger charge is -2.46. The summed E-state index contributed by atoms with van der Waals surface area (Å²) in [6, 6.07) is 10.6. The number of carbonyl (C=O) groups is 3. The molecule has 11 nitrogen and oxygen atoms in total. The Bertz CT molecular complexity index is 1280. The summed E-state index contributed by atoms with van der Waals surface area (Å²) in [7, 11) is 4.24. The van der Waals surface area contributed by atoms with Crippen LogP contribution in [0.1, 0.15) is 62.6 Å². The lowest BCUT2D eigenvalue weighted by Crippen LogP contribution is -2.52. The van der Waals surface area contributed by atoms with Gasteiger partial charge < -0.3 is 24.8 Å². The minimum Gasteiger partial charge on any atom is -0.444 e. The highest BCUT2D eigenvalue weighted by atomic mass is 16.6. The van der Waals surface area contributed by atoms with Gasteiger partial charge in [0.05, 0.1) is 30.2 Å². The lowest BCUT2D eigenvalue weighted by molar-refractivity contribution is 0.0139. The Balaban J connectivity index is 1.19. The molecular formula is C31H43N7O4. The second-order valence-corrected chi connectivity index (χ2v) is 13.2. The van der Waals surface area contributed by atoms with Crippen molar-refractivity contribution in [3.63, 3.8) is 0 Å². The van der Waals surface area contributed by atoms with Crippen molar-refractivity contribution < 1.29 is 19.1 Å². The Hall–Kier alpha value is -3.73. The van der Waals surface area contributed by atoms with Crippen LogP contribution in [0.4, 0.5) is 15.3 Å². The van der Waals surface area contributed by atoms with Crippen LogP contribution >= 0.6 is 0 Å². The van der Waals surface area contributed by atoms with E-state index in [0.717, 1.165) is 32.2 Å². The molecular weight excluding hydrogens is 534 g/mol. The van der Waals surface area contributed by atoms with E-state index in [4.69, 9.17) is 4.74 Å². The third kappa shape index (κ3) is 6.35. The van der Waals surface area contributed by atoms with Gasteiger partial charge in [0, 0.05) is 38.1 Å². The Morgan fingerprint density at radius 2 is 1.55 bits per heavy atom. The van der Waals surface area contributed by atoms with E-state index in [1.807, 2.05) is 20.8 Å². The molecule has 3 fully saturated rings. The van der Waals surface area contributed by atoms with E-state index in [0.29, 0.717) is 38.4 Å². The molecule has 3 aliphatic rings. The van der Waals surface area contributed by atoms with Crippen LogP contribution in [0.2, 0.25) is 0 Å². The number of rotatable bonds is 5. The Kier molecular flexibility index (Phi) is 8.15. The number of anilines is 1. The van der Waals surface area contributed by atoms with Crippen molar-refractivity contribution in [3.8, 4) is 0 Å². The van der Waals surface area contributed by atoms with E-state index in [1.165, 1.54) is 5.56 Å². The van der Waals surface area contributed by atoms with Crippen molar-refractivity contribution in [2.24, 2.45) is 0 Å². The van der Waals surface area contributed by atoms with E-state index in [1.54, 1.807) is 27.1 Å². The summed E-state index contributed by atoms with van der Waals surface area (Å²) >= 11 is 0. The van der Waals surface area contributed by atoms with Crippen LogP contribution in [0.15, 0.2) is 42.7 Å². The molecule has 11 heteroatoms. The number of nitrogens with one attached hydrogen (secondary N) is 1. The SMILES string of the molecule is CN(C)CC1(c2ccccc2)CCC2(CC1)CN(c1cnc(C(=O)N3CCN(C(=O)OC(C)(C)C)CC3)nc1)C(=O)N2. The van der Waals surface area contributed by atoms with Crippen molar-refractivity contribution in [3.05, 3.63) is 54.1 Å². The van der Waals surface area contributed by atoms with Crippen molar-refractivity contribution in [1.29, 1.82) is 0 Å². The number of hydrogen-bond donors (Lipinski definition) is 1. The molecule has 0 radical (unpaired) electrons. The first-order valence-electron chi connectivity index (χ1n) is 14.8. The normalized spacial score (nSPS) is 24.7. The van der Waals surface area contributed by atoms with Crippen LogP contribution in [0, 0.1) is 0 Å². The first kappa shape index (κ1) is 29.8. The molecule has 1 N–H and O–H groups in total. The number of urea groups is 1. The number of ether oxygens (including phenoxy) is 1. The predicted molar refractivity (Wildman–Crippen MR) is 159 cm³/mol. The van der Waals surface area contributed by atoms with Gasteiger partial charge in [0.25, 0.3) is 5.91 Å². The second-order valence-electron chi connectivity index (χ2n) is 13.2. The van der Waals surface area contributed by atoms with E-state index >= 15 is 0 Å². The average Bonchev–Trinajstić information content (AvgIpc) is 3.29. The van der Waals surface area contributed by atoms with Crippen molar-refractivity contribution in [2.45, 2.75) is 63.0 Å². The maximum absolute atomic E-state index is 13.1. The topological polar surface area (TPSA) is 111 Å². The molecule has 4 amide bonds. The average molecular weight is 578 g/mol. The summed E-state index contributed by atoms with van der Waals surface area (Å²) in [5.41, 5.74) is 1.11. The predicted octanol–water partition coefficient (Wildman–Crippen LogP) is 3.51. The van der Waals surface area contributed by atoms with E-state index in [-0.39, 0.29) is 34.8 Å². The Morgan fingerprint density at radius 1 is 0.952 bits per heavy atom. The molecule has 0 atom stereocenters. The highest BCUT2D eigenvalue weighted by molar-refractivity contribution is 5.95. The van der Waals surface area contributed by atoms with Crippen molar-refractivity contribution in [1.82, 2.24) is 30.0 Å². The second kappa shape index (κ2) is 11.5. The Morgan fingerprint density at radius 3 is 2.12 bits per heavy atom. The molecule has 1 spiro atoms. The maximum Gasteiger partial charge on any atom is 0.410 e. The molecule has 2 saturated heterocycles. The molecule has 1 aliphatic carbocycles. The van der Waals surface area contributed by atoms with Gasteiger partial charge in [-0.3, -0.25) is 9.69 Å². The van der Waals surface area contributed by atoms with Gasteiger partial charge >= 0.3 is 12.1 Å². The van der Waals surface area contributed by atoms with Crippen molar-refractivity contribution in [2.75, 3.05) is 58.3 Å². The van der Waals surface area contributed by atoms with Gasteiger partial charge in [-0.25, -0.2) is 19.6 Å². The van der Waals surface area contributed by atoms with E-state index in [9.17, 15) is 14.4 Å². The van der Waals surface area contributed by atoms with E-state index < -0.39 is 5.60 Å². The van der Waals surface area contributed by atoms with E-state index in [2.05, 4.69) is 64.6 Å². The van der Waals surface area contributed by atoms with Crippen LogP contribution in [-0.4, -0.2) is 107 Å². The zero-order valence-electron chi connectivity index (χ0n) is 25.4. The summed E-state index contributed by atoms with van der Waals surface area (Å²) in [5, 5.41) is 3.28. The van der Waals surface area contributed by atoms with Gasteiger partial charge in [0.15, 0.2) is 0 Å². The molecule has 0 unspecified atom stereocenters. The van der Waals surface area contributed by atoms with Gasteiger partial charge in [-0.2, -0.15) is 0 Å². The molecule has 226 valence electrons. The van der Waals surface area contributed by atoms with Crippen LogP contribution in [-0.2, 0) is 10.2 Å². The minimum absolute atomic E-state index is 0.0532. The molecule has 1 aromatic carbocycles. The van der Waals surface area contributed by atoms with Gasteiger partial charge in [-0.05, 0) is 66.1 Å². The minimum atomic E-state index is -0.568. The van der Waals surface area contributed by atoms with Gasteiger partial charge in [0.1, 0.15) is 5.60 Å². The van der Waals surface area contributed by atoms with Crippen LogP contribution in [0.3, 0.4) is 0 Å². The van der Waals surface area contributed by atoms with Crippen LogP contribution in [0.25, 0.3) is 0 Å². The number of hydrogen-bond acceptors (Lipinski definition) is 7. The summed E-state index contributed by atoms with van der Waals surface area (Å²) in [4.78, 5) is 54.4. The summed E-state index contributed by atoms with van der Waals surface area (Å²) in [5.74, 6) is -0.217. The number of amides is 4. The van der Waals surface area contributed by atoms with Crippen LogP contribution in [0.5, 0.6) is 0 Å². The molecule has 2 aromatic rings. The number of benzene rings is 1. The zero-order valence-corrected chi connectivity index (χ0v) is 25.4. The maximum atomic E-state index is 13.1. The number of carbonyl (C=O) groups excluding carboxylic acids is 3. The summed E-state index contributed by atoms with van der Waals surface area (Å²) in [6.07, 6.45) is 6.45. The molecule has 3 heterocycles. The quantitative estimate of drug-likeness (QED) is 0.579.